The number of aromatic nitrogens is 4. The first-order valence-electron chi connectivity index (χ1n) is 17.0. The standard InChI is InChI=1S/C46H31N5/c1-2-8-38(9-3-1)51(39-26-22-34(23-27-39)32-14-18-36(19-15-32)45-30-47-41-10-4-6-12-43(41)49-45)40-28-24-35(25-29-40)33-16-20-37(21-17-33)46-31-48-42-11-5-7-13-44(42)50-46/h1-31H. The van der Waals surface area contributed by atoms with Crippen LogP contribution >= 0.6 is 0 Å². The van der Waals surface area contributed by atoms with Gasteiger partial charge in [-0.2, -0.15) is 0 Å². The van der Waals surface area contributed by atoms with Crippen LogP contribution in [0.25, 0.3) is 66.8 Å². The number of hydrogen-bond donors (Lipinski definition) is 0. The molecule has 0 saturated carbocycles. The lowest BCUT2D eigenvalue weighted by Gasteiger charge is -2.26. The summed E-state index contributed by atoms with van der Waals surface area (Å²) < 4.78 is 0. The highest BCUT2D eigenvalue weighted by Gasteiger charge is 2.13. The van der Waals surface area contributed by atoms with Crippen LogP contribution in [-0.4, -0.2) is 19.9 Å². The Morgan fingerprint density at radius 2 is 0.588 bits per heavy atom. The quantitative estimate of drug-likeness (QED) is 0.171. The molecule has 9 aromatic rings. The molecule has 0 aliphatic rings. The van der Waals surface area contributed by atoms with E-state index in [1.165, 1.54) is 0 Å². The minimum Gasteiger partial charge on any atom is -0.311 e. The van der Waals surface area contributed by atoms with Gasteiger partial charge in [-0.05, 0) is 82.9 Å². The summed E-state index contributed by atoms with van der Waals surface area (Å²) in [5.74, 6) is 0. The fraction of sp³-hybridized carbons (Fsp3) is 0. The first kappa shape index (κ1) is 30.1. The largest absolute Gasteiger partial charge is 0.311 e. The van der Waals surface area contributed by atoms with Gasteiger partial charge in [-0.15, -0.1) is 0 Å². The summed E-state index contributed by atoms with van der Waals surface area (Å²) in [5.41, 5.74) is 15.3. The van der Waals surface area contributed by atoms with E-state index in [2.05, 4.69) is 136 Å². The van der Waals surface area contributed by atoms with E-state index in [1.54, 1.807) is 0 Å². The third-order valence-corrected chi connectivity index (χ3v) is 9.19. The van der Waals surface area contributed by atoms with Gasteiger partial charge in [0, 0.05) is 28.2 Å². The number of fused-ring (bicyclic) bond motifs is 2. The molecule has 0 atom stereocenters. The van der Waals surface area contributed by atoms with Gasteiger partial charge in [0.1, 0.15) is 0 Å². The summed E-state index contributed by atoms with van der Waals surface area (Å²) in [5, 5.41) is 0. The Labute approximate surface area is 296 Å². The highest BCUT2D eigenvalue weighted by Crippen LogP contribution is 2.37. The van der Waals surface area contributed by atoms with Gasteiger partial charge in [0.15, 0.2) is 0 Å². The molecule has 7 aromatic carbocycles. The van der Waals surface area contributed by atoms with Gasteiger partial charge in [-0.25, -0.2) is 9.97 Å². The lowest BCUT2D eigenvalue weighted by Crippen LogP contribution is -2.09. The number of nitrogens with zero attached hydrogens (tertiary/aromatic N) is 5. The van der Waals surface area contributed by atoms with Crippen molar-refractivity contribution in [3.63, 3.8) is 0 Å². The maximum atomic E-state index is 4.81. The first-order valence-corrected chi connectivity index (χ1v) is 17.0. The molecule has 0 saturated heterocycles. The van der Waals surface area contributed by atoms with Crippen LogP contribution in [0.2, 0.25) is 0 Å². The van der Waals surface area contributed by atoms with Gasteiger partial charge >= 0.3 is 0 Å². The third kappa shape index (κ3) is 6.09. The van der Waals surface area contributed by atoms with Crippen LogP contribution in [0.5, 0.6) is 0 Å². The number of para-hydroxylation sites is 5. The van der Waals surface area contributed by atoms with Crippen molar-refractivity contribution >= 4 is 39.1 Å². The zero-order valence-corrected chi connectivity index (χ0v) is 27.6. The maximum Gasteiger partial charge on any atom is 0.0894 e. The van der Waals surface area contributed by atoms with Crippen LogP contribution in [0.3, 0.4) is 0 Å². The lowest BCUT2D eigenvalue weighted by atomic mass is 10.0. The van der Waals surface area contributed by atoms with Crippen LogP contribution in [0.15, 0.2) is 188 Å². The Morgan fingerprint density at radius 1 is 0.275 bits per heavy atom. The molecular weight excluding hydrogens is 623 g/mol. The van der Waals surface area contributed by atoms with Crippen LogP contribution in [0.1, 0.15) is 0 Å². The van der Waals surface area contributed by atoms with Crippen molar-refractivity contribution in [2.24, 2.45) is 0 Å². The minimum atomic E-state index is 0.869. The average Bonchev–Trinajstić information content (AvgIpc) is 3.22. The van der Waals surface area contributed by atoms with E-state index in [0.29, 0.717) is 0 Å². The monoisotopic (exact) mass is 653 g/mol. The first-order chi connectivity index (χ1) is 25.2. The van der Waals surface area contributed by atoms with Crippen molar-refractivity contribution in [1.82, 2.24) is 19.9 Å². The summed E-state index contributed by atoms with van der Waals surface area (Å²) in [6, 6.07) is 61.0. The van der Waals surface area contributed by atoms with Crippen molar-refractivity contribution < 1.29 is 0 Å². The lowest BCUT2D eigenvalue weighted by molar-refractivity contribution is 1.28. The molecule has 0 unspecified atom stereocenters. The molecule has 0 fully saturated rings. The predicted octanol–water partition coefficient (Wildman–Crippen LogP) is 11.7. The van der Waals surface area contributed by atoms with Gasteiger partial charge < -0.3 is 4.90 Å². The van der Waals surface area contributed by atoms with Gasteiger partial charge in [0.25, 0.3) is 0 Å². The van der Waals surface area contributed by atoms with E-state index in [0.717, 1.165) is 83.9 Å². The number of rotatable bonds is 7. The zero-order valence-electron chi connectivity index (χ0n) is 27.6. The Balaban J connectivity index is 0.962. The fourth-order valence-corrected chi connectivity index (χ4v) is 6.49. The summed E-state index contributed by atoms with van der Waals surface area (Å²) in [4.78, 5) is 21.1. The van der Waals surface area contributed by atoms with E-state index in [4.69, 9.17) is 9.97 Å². The normalized spacial score (nSPS) is 11.1. The Morgan fingerprint density at radius 3 is 1.00 bits per heavy atom. The molecule has 240 valence electrons. The fourth-order valence-electron chi connectivity index (χ4n) is 6.49. The van der Waals surface area contributed by atoms with Crippen molar-refractivity contribution in [1.29, 1.82) is 0 Å². The predicted molar refractivity (Wildman–Crippen MR) is 209 cm³/mol. The van der Waals surface area contributed by atoms with Crippen LogP contribution in [-0.2, 0) is 0 Å². The molecule has 5 heteroatoms. The third-order valence-electron chi connectivity index (χ3n) is 9.19. The van der Waals surface area contributed by atoms with E-state index < -0.39 is 0 Å². The molecule has 0 bridgehead atoms. The molecule has 51 heavy (non-hydrogen) atoms. The SMILES string of the molecule is c1ccc(N(c2ccc(-c3ccc(-c4cnc5ccccc5n4)cc3)cc2)c2ccc(-c3ccc(-c4cnc5ccccc5n4)cc3)cc2)cc1. The van der Waals surface area contributed by atoms with E-state index >= 15 is 0 Å². The molecule has 2 heterocycles. The molecule has 0 amide bonds. The van der Waals surface area contributed by atoms with Crippen molar-refractivity contribution in [3.8, 4) is 44.8 Å². The second-order valence-corrected chi connectivity index (χ2v) is 12.4. The highest BCUT2D eigenvalue weighted by molar-refractivity contribution is 5.82. The molecule has 9 rings (SSSR count). The summed E-state index contributed by atoms with van der Waals surface area (Å²) in [7, 11) is 0. The number of hydrogen-bond acceptors (Lipinski definition) is 5. The summed E-state index contributed by atoms with van der Waals surface area (Å²) in [6.45, 7) is 0. The molecular formula is C46H31N5. The van der Waals surface area contributed by atoms with Gasteiger partial charge in [-0.1, -0.05) is 115 Å². The molecule has 0 radical (unpaired) electrons. The smallest absolute Gasteiger partial charge is 0.0894 e. The van der Waals surface area contributed by atoms with Crippen molar-refractivity contribution in [3.05, 3.63) is 188 Å². The topological polar surface area (TPSA) is 54.8 Å². The van der Waals surface area contributed by atoms with E-state index in [9.17, 15) is 0 Å². The molecule has 0 aliphatic carbocycles. The molecule has 5 nitrogen and oxygen atoms in total. The highest BCUT2D eigenvalue weighted by atomic mass is 15.1. The second-order valence-electron chi connectivity index (χ2n) is 12.4. The molecule has 0 spiro atoms. The van der Waals surface area contributed by atoms with Crippen LogP contribution < -0.4 is 4.90 Å². The Hall–Kier alpha value is -6.98. The Kier molecular flexibility index (Phi) is 7.76. The summed E-state index contributed by atoms with van der Waals surface area (Å²) in [6.07, 6.45) is 3.69. The van der Waals surface area contributed by atoms with Gasteiger partial charge in [-0.3, -0.25) is 9.97 Å². The average molecular weight is 654 g/mol. The van der Waals surface area contributed by atoms with Gasteiger partial charge in [0.05, 0.1) is 45.8 Å². The molecule has 2 aromatic heterocycles. The van der Waals surface area contributed by atoms with Crippen molar-refractivity contribution in [2.75, 3.05) is 4.90 Å². The number of anilines is 3. The second kappa shape index (κ2) is 13.1. The molecule has 0 N–H and O–H groups in total. The zero-order chi connectivity index (χ0) is 34.0. The van der Waals surface area contributed by atoms with E-state index in [1.807, 2.05) is 67.0 Å². The van der Waals surface area contributed by atoms with E-state index in [-0.39, 0.29) is 0 Å². The maximum absolute atomic E-state index is 4.81. The summed E-state index contributed by atoms with van der Waals surface area (Å²) >= 11 is 0. The molecule has 0 aliphatic heterocycles. The number of benzene rings is 7. The van der Waals surface area contributed by atoms with Gasteiger partial charge in [0.2, 0.25) is 0 Å². The van der Waals surface area contributed by atoms with Crippen LogP contribution in [0.4, 0.5) is 17.1 Å². The minimum absolute atomic E-state index is 0.869. The van der Waals surface area contributed by atoms with Crippen molar-refractivity contribution in [2.45, 2.75) is 0 Å². The Bertz CT molecular complexity index is 2430. The van der Waals surface area contributed by atoms with Crippen LogP contribution in [0, 0.1) is 0 Å².